The Hall–Kier alpha value is -3.16. The molecular weight excluding hydrogens is 571 g/mol. The minimum absolute atomic E-state index is 0.0402. The molecule has 0 spiro atoms. The maximum absolute atomic E-state index is 14.4. The van der Waals surface area contributed by atoms with Crippen LogP contribution in [0.25, 0.3) is 10.8 Å². The van der Waals surface area contributed by atoms with Crippen LogP contribution in [0.3, 0.4) is 0 Å². The Morgan fingerprint density at radius 1 is 0.957 bits per heavy atom. The monoisotopic (exact) mass is 620 g/mol. The maximum atomic E-state index is 14.4. The summed E-state index contributed by atoms with van der Waals surface area (Å²) in [5.74, 6) is 0.566. The molecule has 3 aromatic rings. The highest BCUT2D eigenvalue weighted by atomic mass is 16.7. The predicted molar refractivity (Wildman–Crippen MR) is 183 cm³/mol. The highest BCUT2D eigenvalue weighted by Gasteiger charge is 2.68. The fraction of sp³-hybridized carbons (Fsp3) is 0.538. The molecule has 7 heteroatoms. The highest BCUT2D eigenvalue weighted by molar-refractivity contribution is 6.48. The molecule has 1 aliphatic heterocycles. The maximum Gasteiger partial charge on any atom is 0.481 e. The van der Waals surface area contributed by atoms with E-state index in [1.54, 1.807) is 0 Å². The topological polar surface area (TPSA) is 76.7 Å². The molecule has 8 rings (SSSR count). The molecule has 7 atom stereocenters. The molecule has 1 saturated heterocycles. The number of carbonyl (C=O) groups excluding carboxylic acids is 2. The number of hydrogen-bond acceptors (Lipinski definition) is 4. The van der Waals surface area contributed by atoms with E-state index in [1.807, 2.05) is 30.3 Å². The van der Waals surface area contributed by atoms with Crippen molar-refractivity contribution < 1.29 is 18.9 Å². The number of aryl methyl sites for hydroxylation is 1. The van der Waals surface area contributed by atoms with E-state index in [-0.39, 0.29) is 40.8 Å². The second kappa shape index (κ2) is 12.1. The number of fused-ring (bicyclic) bond motifs is 2. The van der Waals surface area contributed by atoms with Crippen molar-refractivity contribution in [3.63, 3.8) is 0 Å². The van der Waals surface area contributed by atoms with Crippen molar-refractivity contribution in [2.45, 2.75) is 109 Å². The van der Waals surface area contributed by atoms with Crippen molar-refractivity contribution in [2.24, 2.45) is 23.2 Å². The molecule has 46 heavy (non-hydrogen) atoms. The minimum atomic E-state index is -0.743. The summed E-state index contributed by atoms with van der Waals surface area (Å²) in [6.45, 7) is 11.3. The van der Waals surface area contributed by atoms with Gasteiger partial charge in [0.1, 0.15) is 6.04 Å². The van der Waals surface area contributed by atoms with Gasteiger partial charge in [-0.05, 0) is 96.1 Å². The first-order chi connectivity index (χ1) is 22.0. The van der Waals surface area contributed by atoms with Crippen LogP contribution in [0.15, 0.2) is 66.7 Å². The third-order valence-electron chi connectivity index (χ3n) is 12.0. The summed E-state index contributed by atoms with van der Waals surface area (Å²) in [6, 6.07) is 21.9. The van der Waals surface area contributed by atoms with Gasteiger partial charge in [0, 0.05) is 6.42 Å². The molecule has 5 aliphatic rings. The first-order valence-corrected chi connectivity index (χ1v) is 17.5. The van der Waals surface area contributed by atoms with E-state index < -0.39 is 13.2 Å². The van der Waals surface area contributed by atoms with Crippen LogP contribution >= 0.6 is 0 Å². The lowest BCUT2D eigenvalue weighted by Crippen LogP contribution is -2.65. The van der Waals surface area contributed by atoms with Gasteiger partial charge in [-0.3, -0.25) is 9.59 Å². The number of benzene rings is 3. The van der Waals surface area contributed by atoms with Crippen molar-refractivity contribution in [2.75, 3.05) is 0 Å². The largest absolute Gasteiger partial charge is 0.481 e. The van der Waals surface area contributed by atoms with Gasteiger partial charge in [0.25, 0.3) is 0 Å². The summed E-state index contributed by atoms with van der Waals surface area (Å²) in [5.41, 5.74) is 3.24. The van der Waals surface area contributed by atoms with E-state index in [1.165, 1.54) is 12.0 Å². The first kappa shape index (κ1) is 31.4. The third kappa shape index (κ3) is 5.58. The molecule has 1 heterocycles. The van der Waals surface area contributed by atoms with Crippen LogP contribution in [0, 0.1) is 23.2 Å². The summed E-state index contributed by atoms with van der Waals surface area (Å²) in [7, 11) is -0.518. The zero-order valence-electron chi connectivity index (χ0n) is 28.1. The van der Waals surface area contributed by atoms with Crippen LogP contribution in [0.5, 0.6) is 0 Å². The molecule has 6 nitrogen and oxygen atoms in total. The number of amides is 2. The van der Waals surface area contributed by atoms with Crippen LogP contribution in [0.4, 0.5) is 0 Å². The summed E-state index contributed by atoms with van der Waals surface area (Å²) >= 11 is 0. The summed E-state index contributed by atoms with van der Waals surface area (Å²) in [4.78, 5) is 28.5. The Balaban J connectivity index is 1.15. The molecule has 0 aromatic heterocycles. The Bertz CT molecular complexity index is 1620. The van der Waals surface area contributed by atoms with E-state index >= 15 is 0 Å². The van der Waals surface area contributed by atoms with Crippen molar-refractivity contribution in [3.05, 3.63) is 83.4 Å². The van der Waals surface area contributed by atoms with E-state index in [9.17, 15) is 9.59 Å². The average molecular weight is 621 g/mol. The Labute approximate surface area is 274 Å². The van der Waals surface area contributed by atoms with Crippen molar-refractivity contribution >= 4 is 29.7 Å². The smallest absolute Gasteiger partial charge is 0.404 e. The third-order valence-corrected chi connectivity index (χ3v) is 12.0. The standard InChI is InChI=1S/C39H49BN2O4/c1-24(2)20-35(40-45-34-23-28-22-33(38(28,3)4)39(34,5)46-40)42-37(44)32(21-27-16-10-14-25-12-6-8-17-29(25)27)41-36(43)31-19-11-15-26-13-7-9-18-30(26)31/h6-10,12-14,16-18,24,28,31-35H,11,15,19-23H2,1-5H3,(H,41,43)(H,42,44)/t28?,31-,32-,33?,34+,35-,39+/m0/s1. The number of rotatable bonds is 9. The summed E-state index contributed by atoms with van der Waals surface area (Å²) < 4.78 is 13.5. The molecule has 3 aromatic carbocycles. The molecule has 3 saturated carbocycles. The lowest BCUT2D eigenvalue weighted by molar-refractivity contribution is -0.199. The van der Waals surface area contributed by atoms with Crippen molar-refractivity contribution in [3.8, 4) is 0 Å². The average Bonchev–Trinajstić information content (AvgIpc) is 3.41. The zero-order chi connectivity index (χ0) is 32.2. The van der Waals surface area contributed by atoms with Gasteiger partial charge < -0.3 is 19.9 Å². The van der Waals surface area contributed by atoms with Gasteiger partial charge >= 0.3 is 7.12 Å². The van der Waals surface area contributed by atoms with Crippen LogP contribution < -0.4 is 10.6 Å². The molecular formula is C39H49BN2O4. The van der Waals surface area contributed by atoms with Gasteiger partial charge in [0.05, 0.1) is 23.6 Å². The normalized spacial score (nSPS) is 29.0. The lowest BCUT2D eigenvalue weighted by Gasteiger charge is -2.64. The Morgan fingerprint density at radius 3 is 2.52 bits per heavy atom. The molecule has 2 bridgehead atoms. The Kier molecular flexibility index (Phi) is 8.30. The fourth-order valence-corrected chi connectivity index (χ4v) is 9.30. The minimum Gasteiger partial charge on any atom is -0.404 e. The lowest BCUT2D eigenvalue weighted by atomic mass is 9.43. The van der Waals surface area contributed by atoms with E-state index in [4.69, 9.17) is 9.31 Å². The summed E-state index contributed by atoms with van der Waals surface area (Å²) in [6.07, 6.45) is 6.07. The van der Waals surface area contributed by atoms with E-state index in [0.717, 1.165) is 54.0 Å². The Morgan fingerprint density at radius 2 is 1.72 bits per heavy atom. The number of hydrogen-bond donors (Lipinski definition) is 2. The van der Waals surface area contributed by atoms with Crippen LogP contribution in [-0.2, 0) is 31.7 Å². The van der Waals surface area contributed by atoms with Gasteiger partial charge in [-0.1, -0.05) is 94.4 Å². The van der Waals surface area contributed by atoms with Gasteiger partial charge in [-0.15, -0.1) is 0 Å². The van der Waals surface area contributed by atoms with Gasteiger partial charge in [-0.25, -0.2) is 0 Å². The fourth-order valence-electron chi connectivity index (χ4n) is 9.30. The van der Waals surface area contributed by atoms with Gasteiger partial charge in [0.2, 0.25) is 11.8 Å². The quantitative estimate of drug-likeness (QED) is 0.259. The highest BCUT2D eigenvalue weighted by Crippen LogP contribution is 2.65. The van der Waals surface area contributed by atoms with Crippen LogP contribution in [0.1, 0.15) is 89.3 Å². The predicted octanol–water partition coefficient (Wildman–Crippen LogP) is 6.79. The second-order valence-electron chi connectivity index (χ2n) is 15.6. The molecule has 4 fully saturated rings. The molecule has 0 radical (unpaired) electrons. The van der Waals surface area contributed by atoms with Gasteiger partial charge in [0.15, 0.2) is 0 Å². The van der Waals surface area contributed by atoms with E-state index in [2.05, 4.69) is 81.7 Å². The number of carbonyl (C=O) groups is 2. The van der Waals surface area contributed by atoms with Crippen molar-refractivity contribution in [1.82, 2.24) is 10.6 Å². The molecule has 2 N–H and O–H groups in total. The molecule has 2 unspecified atom stereocenters. The first-order valence-electron chi connectivity index (χ1n) is 17.5. The zero-order valence-corrected chi connectivity index (χ0v) is 28.1. The second-order valence-corrected chi connectivity index (χ2v) is 15.6. The van der Waals surface area contributed by atoms with Gasteiger partial charge in [-0.2, -0.15) is 0 Å². The van der Waals surface area contributed by atoms with Crippen LogP contribution in [0.2, 0.25) is 0 Å². The molecule has 2 amide bonds. The molecule has 4 aliphatic carbocycles. The van der Waals surface area contributed by atoms with Crippen molar-refractivity contribution in [1.29, 1.82) is 0 Å². The summed E-state index contributed by atoms with van der Waals surface area (Å²) in [5, 5.41) is 8.81. The van der Waals surface area contributed by atoms with E-state index in [0.29, 0.717) is 24.2 Å². The number of nitrogens with one attached hydrogen (secondary N) is 2. The van der Waals surface area contributed by atoms with Crippen LogP contribution in [-0.4, -0.2) is 42.6 Å². The SMILES string of the molecule is CC(C)C[C@H](NC(=O)[C@H](Cc1cccc2ccccc12)NC(=O)[C@H]1CCCc2ccccc21)B1O[C@@H]2CC3CC(C3(C)C)[C@@]2(C)O1. The molecule has 242 valence electrons.